The van der Waals surface area contributed by atoms with Gasteiger partial charge in [0.1, 0.15) is 6.04 Å². The van der Waals surface area contributed by atoms with Gasteiger partial charge >= 0.3 is 5.97 Å². The van der Waals surface area contributed by atoms with Gasteiger partial charge in [0.2, 0.25) is 5.91 Å². The van der Waals surface area contributed by atoms with Crippen LogP contribution in [0.5, 0.6) is 0 Å². The van der Waals surface area contributed by atoms with E-state index in [1.807, 2.05) is 0 Å². The maximum atomic E-state index is 11.3. The topological polar surface area (TPSA) is 81.4 Å². The minimum absolute atomic E-state index is 0. The van der Waals surface area contributed by atoms with Crippen molar-refractivity contribution in [3.8, 4) is 0 Å². The van der Waals surface area contributed by atoms with Crippen LogP contribution in [0.1, 0.15) is 19.8 Å². The molecule has 0 aliphatic carbocycles. The number of methoxy groups -OCH3 is 1. The van der Waals surface area contributed by atoms with E-state index >= 15 is 0 Å². The molecule has 2 atom stereocenters. The first-order valence-corrected chi connectivity index (χ1v) is 4.65. The Hall–Kier alpha value is -0.810. The smallest absolute Gasteiger partial charge is 0.329 e. The SMILES string of the molecule is COC(=O)C1NC(=O)[C@@]1(C)CCCN.Cl. The number of rotatable bonds is 4. The van der Waals surface area contributed by atoms with Gasteiger partial charge in [-0.05, 0) is 26.3 Å². The second-order valence-electron chi connectivity index (χ2n) is 3.74. The van der Waals surface area contributed by atoms with Crippen molar-refractivity contribution >= 4 is 24.3 Å². The number of hydrogen-bond donors (Lipinski definition) is 2. The van der Waals surface area contributed by atoms with Crippen molar-refractivity contribution in [3.05, 3.63) is 0 Å². The van der Waals surface area contributed by atoms with Gasteiger partial charge in [-0.1, -0.05) is 0 Å². The summed E-state index contributed by atoms with van der Waals surface area (Å²) >= 11 is 0. The Balaban J connectivity index is 0.00000196. The van der Waals surface area contributed by atoms with Crippen molar-refractivity contribution < 1.29 is 14.3 Å². The minimum atomic E-state index is -0.632. The third kappa shape index (κ3) is 2.41. The van der Waals surface area contributed by atoms with Gasteiger partial charge in [-0.3, -0.25) is 4.79 Å². The van der Waals surface area contributed by atoms with Crippen molar-refractivity contribution in [2.24, 2.45) is 11.1 Å². The number of ether oxygens (including phenoxy) is 1. The molecule has 1 amide bonds. The highest BCUT2D eigenvalue weighted by molar-refractivity contribution is 6.00. The predicted molar refractivity (Wildman–Crippen MR) is 57.6 cm³/mol. The maximum absolute atomic E-state index is 11.3. The number of halogens is 1. The Bertz CT molecular complexity index is 260. The summed E-state index contributed by atoms with van der Waals surface area (Å²) in [6, 6.07) is -0.508. The lowest BCUT2D eigenvalue weighted by molar-refractivity contribution is -0.163. The molecule has 0 saturated carbocycles. The third-order valence-corrected chi connectivity index (χ3v) is 2.77. The molecule has 6 heteroatoms. The van der Waals surface area contributed by atoms with Gasteiger partial charge in [0.25, 0.3) is 0 Å². The average Bonchev–Trinajstić information content (AvgIpc) is 2.21. The summed E-state index contributed by atoms with van der Waals surface area (Å²) in [6.45, 7) is 2.29. The molecule has 1 fully saturated rings. The fraction of sp³-hybridized carbons (Fsp3) is 0.778. The zero-order chi connectivity index (χ0) is 10.8. The van der Waals surface area contributed by atoms with E-state index in [1.54, 1.807) is 6.92 Å². The van der Waals surface area contributed by atoms with Crippen LogP contribution in [0.2, 0.25) is 0 Å². The number of nitrogens with two attached hydrogens (primary N) is 1. The number of hydrogen-bond acceptors (Lipinski definition) is 4. The molecule has 1 aliphatic heterocycles. The van der Waals surface area contributed by atoms with Gasteiger partial charge in [0.15, 0.2) is 0 Å². The fourth-order valence-corrected chi connectivity index (χ4v) is 1.67. The van der Waals surface area contributed by atoms with Crippen LogP contribution in [-0.4, -0.2) is 31.6 Å². The monoisotopic (exact) mass is 236 g/mol. The molecule has 1 heterocycles. The van der Waals surface area contributed by atoms with E-state index in [4.69, 9.17) is 5.73 Å². The maximum Gasteiger partial charge on any atom is 0.329 e. The molecule has 1 aliphatic rings. The standard InChI is InChI=1S/C9H16N2O3.ClH/c1-9(4-3-5-10)6(7(12)14-2)11-8(9)13;/h6H,3-5,10H2,1-2H3,(H,11,13);1H/t6?,9-;/m0./s1. The number of carbonyl (C=O) groups excluding carboxylic acids is 2. The molecule has 88 valence electrons. The molecule has 0 aromatic carbocycles. The normalized spacial score (nSPS) is 28.5. The van der Waals surface area contributed by atoms with Crippen LogP contribution >= 0.6 is 12.4 Å². The summed E-state index contributed by atoms with van der Waals surface area (Å²) in [5.74, 6) is -0.481. The molecule has 0 bridgehead atoms. The zero-order valence-electron chi connectivity index (χ0n) is 8.91. The van der Waals surface area contributed by atoms with Gasteiger partial charge in [-0.15, -0.1) is 12.4 Å². The largest absolute Gasteiger partial charge is 0.467 e. The van der Waals surface area contributed by atoms with Gasteiger partial charge in [-0.25, -0.2) is 4.79 Å². The molecule has 0 aromatic rings. The Labute approximate surface area is 95.1 Å². The third-order valence-electron chi connectivity index (χ3n) is 2.77. The summed E-state index contributed by atoms with van der Waals surface area (Å²) in [5.41, 5.74) is 4.73. The number of carbonyl (C=O) groups is 2. The fourth-order valence-electron chi connectivity index (χ4n) is 1.67. The average molecular weight is 237 g/mol. The van der Waals surface area contributed by atoms with Gasteiger partial charge in [0.05, 0.1) is 12.5 Å². The number of nitrogens with one attached hydrogen (secondary N) is 1. The number of β-lactam (4-membered cyclic amide) rings is 1. The molecule has 0 aromatic heterocycles. The van der Waals surface area contributed by atoms with Crippen LogP contribution < -0.4 is 11.1 Å². The molecule has 0 radical (unpaired) electrons. The lowest BCUT2D eigenvalue weighted by atomic mass is 9.71. The first kappa shape index (κ1) is 14.2. The van der Waals surface area contributed by atoms with E-state index in [0.29, 0.717) is 13.0 Å². The highest BCUT2D eigenvalue weighted by Crippen LogP contribution is 2.35. The lowest BCUT2D eigenvalue weighted by Crippen LogP contribution is -2.69. The molecule has 1 unspecified atom stereocenters. The molecule has 1 saturated heterocycles. The second kappa shape index (κ2) is 5.32. The molecule has 0 spiro atoms. The van der Waals surface area contributed by atoms with Crippen LogP contribution in [-0.2, 0) is 14.3 Å². The van der Waals surface area contributed by atoms with Crippen LogP contribution in [0.25, 0.3) is 0 Å². The lowest BCUT2D eigenvalue weighted by Gasteiger charge is -2.44. The summed E-state index contributed by atoms with van der Waals surface area (Å²) in [6.07, 6.45) is 1.35. The van der Waals surface area contributed by atoms with Gasteiger partial charge < -0.3 is 15.8 Å². The van der Waals surface area contributed by atoms with Crippen LogP contribution in [0.3, 0.4) is 0 Å². The van der Waals surface area contributed by atoms with Crippen molar-refractivity contribution in [1.29, 1.82) is 0 Å². The Morgan fingerprint density at radius 2 is 2.27 bits per heavy atom. The van der Waals surface area contributed by atoms with Gasteiger partial charge in [-0.2, -0.15) is 0 Å². The Morgan fingerprint density at radius 1 is 1.67 bits per heavy atom. The molecule has 1 rings (SSSR count). The quantitative estimate of drug-likeness (QED) is 0.524. The molecule has 5 nitrogen and oxygen atoms in total. The zero-order valence-corrected chi connectivity index (χ0v) is 9.73. The van der Waals surface area contributed by atoms with E-state index in [1.165, 1.54) is 7.11 Å². The molecular formula is C9H17ClN2O3. The second-order valence-corrected chi connectivity index (χ2v) is 3.74. The van der Waals surface area contributed by atoms with E-state index in [-0.39, 0.29) is 24.3 Å². The van der Waals surface area contributed by atoms with Crippen LogP contribution in [0.4, 0.5) is 0 Å². The van der Waals surface area contributed by atoms with E-state index in [0.717, 1.165) is 6.42 Å². The summed E-state index contributed by atoms with van der Waals surface area (Å²) in [5, 5.41) is 2.54. The highest BCUT2D eigenvalue weighted by Gasteiger charge is 2.54. The van der Waals surface area contributed by atoms with Crippen molar-refractivity contribution in [1.82, 2.24) is 5.32 Å². The van der Waals surface area contributed by atoms with Crippen molar-refractivity contribution in [2.75, 3.05) is 13.7 Å². The highest BCUT2D eigenvalue weighted by atomic mass is 35.5. The molecule has 15 heavy (non-hydrogen) atoms. The van der Waals surface area contributed by atoms with Crippen molar-refractivity contribution in [2.45, 2.75) is 25.8 Å². The minimum Gasteiger partial charge on any atom is -0.467 e. The number of esters is 1. The summed E-state index contributed by atoms with van der Waals surface area (Å²) in [4.78, 5) is 22.6. The Morgan fingerprint density at radius 3 is 2.67 bits per heavy atom. The molecular weight excluding hydrogens is 220 g/mol. The van der Waals surface area contributed by atoms with Crippen LogP contribution in [0, 0.1) is 5.41 Å². The first-order valence-electron chi connectivity index (χ1n) is 4.65. The first-order chi connectivity index (χ1) is 6.56. The van der Waals surface area contributed by atoms with Crippen LogP contribution in [0.15, 0.2) is 0 Å². The summed E-state index contributed by atoms with van der Waals surface area (Å²) < 4.78 is 4.59. The van der Waals surface area contributed by atoms with E-state index in [9.17, 15) is 9.59 Å². The molecule has 3 N–H and O–H groups in total. The number of amides is 1. The predicted octanol–water partition coefficient (Wildman–Crippen LogP) is -0.175. The summed E-state index contributed by atoms with van der Waals surface area (Å²) in [7, 11) is 1.32. The van der Waals surface area contributed by atoms with Crippen molar-refractivity contribution in [3.63, 3.8) is 0 Å². The van der Waals surface area contributed by atoms with Gasteiger partial charge in [0, 0.05) is 0 Å². The van der Waals surface area contributed by atoms with E-state index in [2.05, 4.69) is 10.1 Å². The Kier molecular flexibility index (Phi) is 5.03. The van der Waals surface area contributed by atoms with E-state index < -0.39 is 11.5 Å².